The van der Waals surface area contributed by atoms with Gasteiger partial charge in [-0.2, -0.15) is 0 Å². The van der Waals surface area contributed by atoms with Gasteiger partial charge in [0.1, 0.15) is 5.82 Å². The highest BCUT2D eigenvalue weighted by Crippen LogP contribution is 2.18. The van der Waals surface area contributed by atoms with Crippen molar-refractivity contribution in [3.05, 3.63) is 34.1 Å². The molecule has 0 radical (unpaired) electrons. The molecule has 7 heteroatoms. The summed E-state index contributed by atoms with van der Waals surface area (Å²) in [5.41, 5.74) is 0.488. The monoisotopic (exact) mass is 333 g/mol. The molecule has 1 aromatic carbocycles. The second-order valence-electron chi connectivity index (χ2n) is 3.78. The SMILES string of the molecule is COC(CNC(=O)Cc1cc(F)ccc1Br)C(=O)O. The summed E-state index contributed by atoms with van der Waals surface area (Å²) >= 11 is 3.21. The third-order valence-corrected chi connectivity index (χ3v) is 3.18. The molecular formula is C12H13BrFNO4. The molecule has 1 rings (SSSR count). The fourth-order valence-corrected chi connectivity index (χ4v) is 1.78. The van der Waals surface area contributed by atoms with Crippen LogP contribution in [0.2, 0.25) is 0 Å². The van der Waals surface area contributed by atoms with Crippen molar-refractivity contribution in [3.8, 4) is 0 Å². The Kier molecular flexibility index (Phi) is 5.91. The molecule has 1 unspecified atom stereocenters. The van der Waals surface area contributed by atoms with Crippen LogP contribution in [0.1, 0.15) is 5.56 Å². The number of aliphatic carboxylic acids is 1. The Morgan fingerprint density at radius 3 is 2.79 bits per heavy atom. The van der Waals surface area contributed by atoms with Crippen molar-refractivity contribution in [3.63, 3.8) is 0 Å². The van der Waals surface area contributed by atoms with Crippen molar-refractivity contribution < 1.29 is 23.8 Å². The van der Waals surface area contributed by atoms with E-state index in [1.54, 1.807) is 0 Å². The fraction of sp³-hybridized carbons (Fsp3) is 0.333. The maximum absolute atomic E-state index is 13.0. The van der Waals surface area contributed by atoms with Gasteiger partial charge in [0, 0.05) is 11.6 Å². The average molecular weight is 334 g/mol. The number of hydrogen-bond donors (Lipinski definition) is 2. The van der Waals surface area contributed by atoms with E-state index in [-0.39, 0.29) is 13.0 Å². The Hall–Kier alpha value is -1.47. The number of carbonyl (C=O) groups excluding carboxylic acids is 1. The van der Waals surface area contributed by atoms with Gasteiger partial charge >= 0.3 is 5.97 Å². The zero-order valence-corrected chi connectivity index (χ0v) is 11.7. The first-order valence-electron chi connectivity index (χ1n) is 5.40. The molecular weight excluding hydrogens is 321 g/mol. The molecule has 0 spiro atoms. The molecule has 0 aliphatic rings. The zero-order valence-electron chi connectivity index (χ0n) is 10.2. The number of rotatable bonds is 6. The molecule has 2 N–H and O–H groups in total. The van der Waals surface area contributed by atoms with E-state index in [4.69, 9.17) is 5.11 Å². The minimum absolute atomic E-state index is 0.0472. The lowest BCUT2D eigenvalue weighted by Gasteiger charge is -2.12. The van der Waals surface area contributed by atoms with Gasteiger partial charge in [-0.3, -0.25) is 4.79 Å². The van der Waals surface area contributed by atoms with E-state index in [1.807, 2.05) is 0 Å². The van der Waals surface area contributed by atoms with Crippen LogP contribution in [0.4, 0.5) is 4.39 Å². The molecule has 0 aliphatic carbocycles. The number of methoxy groups -OCH3 is 1. The summed E-state index contributed by atoms with van der Waals surface area (Å²) in [6.07, 6.45) is -1.14. The van der Waals surface area contributed by atoms with Gasteiger partial charge in [0.15, 0.2) is 6.10 Å². The molecule has 1 atom stereocenters. The number of halogens is 2. The Morgan fingerprint density at radius 1 is 1.53 bits per heavy atom. The third kappa shape index (κ3) is 4.96. The molecule has 104 valence electrons. The first-order valence-corrected chi connectivity index (χ1v) is 6.19. The molecule has 0 aromatic heterocycles. The van der Waals surface area contributed by atoms with E-state index >= 15 is 0 Å². The van der Waals surface area contributed by atoms with Crippen LogP contribution < -0.4 is 5.32 Å². The summed E-state index contributed by atoms with van der Waals surface area (Å²) in [7, 11) is 1.24. The predicted octanol–water partition coefficient (Wildman–Crippen LogP) is 1.35. The quantitative estimate of drug-likeness (QED) is 0.823. The van der Waals surface area contributed by atoms with Gasteiger partial charge in [0.25, 0.3) is 0 Å². The Balaban J connectivity index is 2.56. The topological polar surface area (TPSA) is 75.6 Å². The number of amides is 1. The molecule has 1 amide bonds. The van der Waals surface area contributed by atoms with Gasteiger partial charge in [-0.05, 0) is 23.8 Å². The number of benzene rings is 1. The molecule has 5 nitrogen and oxygen atoms in total. The van der Waals surface area contributed by atoms with Crippen LogP contribution in [0.3, 0.4) is 0 Å². The van der Waals surface area contributed by atoms with E-state index in [2.05, 4.69) is 26.0 Å². The molecule has 0 saturated carbocycles. The summed E-state index contributed by atoms with van der Waals surface area (Å²) in [5.74, 6) is -2.00. The highest BCUT2D eigenvalue weighted by atomic mass is 79.9. The van der Waals surface area contributed by atoms with Crippen molar-refractivity contribution in [2.45, 2.75) is 12.5 Å². The smallest absolute Gasteiger partial charge is 0.334 e. The Bertz CT molecular complexity index is 481. The summed E-state index contributed by atoms with van der Waals surface area (Å²) in [5, 5.41) is 11.1. The van der Waals surface area contributed by atoms with E-state index < -0.39 is 23.8 Å². The number of nitrogens with one attached hydrogen (secondary N) is 1. The van der Waals surface area contributed by atoms with Gasteiger partial charge in [0.05, 0.1) is 13.0 Å². The van der Waals surface area contributed by atoms with Crippen molar-refractivity contribution >= 4 is 27.8 Å². The van der Waals surface area contributed by atoms with E-state index in [0.717, 1.165) is 0 Å². The normalized spacial score (nSPS) is 11.9. The summed E-state index contributed by atoms with van der Waals surface area (Å²) in [6, 6.07) is 4.03. The highest BCUT2D eigenvalue weighted by Gasteiger charge is 2.17. The van der Waals surface area contributed by atoms with Gasteiger partial charge in [-0.15, -0.1) is 0 Å². The van der Waals surface area contributed by atoms with Crippen LogP contribution >= 0.6 is 15.9 Å². The number of hydrogen-bond acceptors (Lipinski definition) is 3. The number of carboxylic acid groups (broad SMARTS) is 1. The standard InChI is InChI=1S/C12H13BrFNO4/c1-19-10(12(17)18)6-15-11(16)5-7-4-8(14)2-3-9(7)13/h2-4,10H,5-6H2,1H3,(H,15,16)(H,17,18). The summed E-state index contributed by atoms with van der Waals surface area (Å²) < 4.78 is 18.3. The van der Waals surface area contributed by atoms with Gasteiger partial charge in [-0.1, -0.05) is 15.9 Å². The largest absolute Gasteiger partial charge is 0.479 e. The first-order chi connectivity index (χ1) is 8.93. The average Bonchev–Trinajstić information content (AvgIpc) is 2.34. The Morgan fingerprint density at radius 2 is 2.21 bits per heavy atom. The van der Waals surface area contributed by atoms with Crippen LogP contribution in [0, 0.1) is 5.82 Å². The van der Waals surface area contributed by atoms with Crippen LogP contribution in [-0.4, -0.2) is 36.7 Å². The van der Waals surface area contributed by atoms with Crippen LogP contribution in [0.15, 0.2) is 22.7 Å². The van der Waals surface area contributed by atoms with Crippen LogP contribution in [0.25, 0.3) is 0 Å². The molecule has 0 bridgehead atoms. The fourth-order valence-electron chi connectivity index (χ4n) is 1.39. The van der Waals surface area contributed by atoms with Crippen molar-refractivity contribution in [1.29, 1.82) is 0 Å². The van der Waals surface area contributed by atoms with Crippen LogP contribution in [0.5, 0.6) is 0 Å². The maximum Gasteiger partial charge on any atom is 0.334 e. The number of carboxylic acids is 1. The molecule has 1 aromatic rings. The minimum atomic E-state index is -1.16. The van der Waals surface area contributed by atoms with Crippen molar-refractivity contribution in [2.24, 2.45) is 0 Å². The van der Waals surface area contributed by atoms with E-state index in [9.17, 15) is 14.0 Å². The molecule has 0 fully saturated rings. The zero-order chi connectivity index (χ0) is 14.4. The van der Waals surface area contributed by atoms with Gasteiger partial charge < -0.3 is 15.2 Å². The highest BCUT2D eigenvalue weighted by molar-refractivity contribution is 9.10. The molecule has 0 heterocycles. The van der Waals surface area contributed by atoms with Crippen LogP contribution in [-0.2, 0) is 20.7 Å². The third-order valence-electron chi connectivity index (χ3n) is 2.40. The summed E-state index contributed by atoms with van der Waals surface area (Å²) in [6.45, 7) is -0.141. The van der Waals surface area contributed by atoms with Gasteiger partial charge in [0.2, 0.25) is 5.91 Å². The minimum Gasteiger partial charge on any atom is -0.479 e. The summed E-state index contributed by atoms with van der Waals surface area (Å²) in [4.78, 5) is 22.3. The number of ether oxygens (including phenoxy) is 1. The lowest BCUT2D eigenvalue weighted by atomic mass is 10.1. The second kappa shape index (κ2) is 7.20. The van der Waals surface area contributed by atoms with Gasteiger partial charge in [-0.25, -0.2) is 9.18 Å². The van der Waals surface area contributed by atoms with E-state index in [1.165, 1.54) is 25.3 Å². The number of carbonyl (C=O) groups is 2. The van der Waals surface area contributed by atoms with Crippen molar-refractivity contribution in [2.75, 3.05) is 13.7 Å². The molecule has 19 heavy (non-hydrogen) atoms. The lowest BCUT2D eigenvalue weighted by molar-refractivity contribution is -0.148. The van der Waals surface area contributed by atoms with E-state index in [0.29, 0.717) is 10.0 Å². The maximum atomic E-state index is 13.0. The molecule has 0 saturated heterocycles. The lowest BCUT2D eigenvalue weighted by Crippen LogP contribution is -2.38. The Labute approximate surface area is 117 Å². The second-order valence-corrected chi connectivity index (χ2v) is 4.63. The van der Waals surface area contributed by atoms with Crippen molar-refractivity contribution in [1.82, 2.24) is 5.32 Å². The predicted molar refractivity (Wildman–Crippen MR) is 69.2 cm³/mol. The molecule has 0 aliphatic heterocycles. The first kappa shape index (κ1) is 15.6.